The van der Waals surface area contributed by atoms with E-state index in [0.29, 0.717) is 15.8 Å². The fourth-order valence-corrected chi connectivity index (χ4v) is 1.48. The van der Waals surface area contributed by atoms with Crippen LogP contribution < -0.4 is 4.74 Å². The van der Waals surface area contributed by atoms with E-state index in [4.69, 9.17) is 9.84 Å². The van der Waals surface area contributed by atoms with Crippen LogP contribution in [0.2, 0.25) is 0 Å². The molecule has 0 aliphatic rings. The van der Waals surface area contributed by atoms with E-state index in [-0.39, 0.29) is 12.4 Å². The zero-order chi connectivity index (χ0) is 9.14. The van der Waals surface area contributed by atoms with Crippen molar-refractivity contribution in [3.05, 3.63) is 22.2 Å². The standard InChI is InChI=1S/C8H9BrO3/c1-12-8-5(4-10)2-3-6(11)7(8)9/h2-3,10-11H,4H2,1H3. The van der Waals surface area contributed by atoms with Crippen molar-refractivity contribution in [1.29, 1.82) is 0 Å². The van der Waals surface area contributed by atoms with E-state index in [1.54, 1.807) is 6.07 Å². The molecule has 0 aromatic heterocycles. The predicted molar refractivity (Wildman–Crippen MR) is 48.3 cm³/mol. The lowest BCUT2D eigenvalue weighted by Crippen LogP contribution is -1.92. The SMILES string of the molecule is COc1c(CO)ccc(O)c1Br. The second-order valence-electron chi connectivity index (χ2n) is 2.25. The highest BCUT2D eigenvalue weighted by Gasteiger charge is 2.09. The fraction of sp³-hybridized carbons (Fsp3) is 0.250. The van der Waals surface area contributed by atoms with Gasteiger partial charge in [-0.15, -0.1) is 0 Å². The van der Waals surface area contributed by atoms with Gasteiger partial charge in [-0.05, 0) is 28.1 Å². The van der Waals surface area contributed by atoms with Crippen molar-refractivity contribution in [2.75, 3.05) is 7.11 Å². The van der Waals surface area contributed by atoms with Gasteiger partial charge in [0.2, 0.25) is 0 Å². The number of aliphatic hydroxyl groups excluding tert-OH is 1. The Bertz CT molecular complexity index is 286. The molecular weight excluding hydrogens is 224 g/mol. The Kier molecular flexibility index (Phi) is 2.94. The van der Waals surface area contributed by atoms with Crippen molar-refractivity contribution in [3.63, 3.8) is 0 Å². The molecule has 66 valence electrons. The number of halogens is 1. The van der Waals surface area contributed by atoms with Gasteiger partial charge in [0.25, 0.3) is 0 Å². The molecule has 3 nitrogen and oxygen atoms in total. The summed E-state index contributed by atoms with van der Waals surface area (Å²) in [6.45, 7) is -0.109. The highest BCUT2D eigenvalue weighted by molar-refractivity contribution is 9.10. The first-order chi connectivity index (χ1) is 5.70. The van der Waals surface area contributed by atoms with Crippen LogP contribution in [0.25, 0.3) is 0 Å². The van der Waals surface area contributed by atoms with Crippen LogP contribution in [0, 0.1) is 0 Å². The number of methoxy groups -OCH3 is 1. The summed E-state index contributed by atoms with van der Waals surface area (Å²) in [7, 11) is 1.48. The Morgan fingerprint density at radius 3 is 2.67 bits per heavy atom. The molecule has 0 unspecified atom stereocenters. The van der Waals surface area contributed by atoms with Crippen LogP contribution in [0.3, 0.4) is 0 Å². The monoisotopic (exact) mass is 232 g/mol. The van der Waals surface area contributed by atoms with Crippen molar-refractivity contribution in [1.82, 2.24) is 0 Å². The molecule has 0 saturated heterocycles. The van der Waals surface area contributed by atoms with E-state index >= 15 is 0 Å². The molecule has 0 heterocycles. The lowest BCUT2D eigenvalue weighted by atomic mass is 10.2. The Hall–Kier alpha value is -0.740. The van der Waals surface area contributed by atoms with Crippen LogP contribution in [-0.2, 0) is 6.61 Å². The van der Waals surface area contributed by atoms with Gasteiger partial charge < -0.3 is 14.9 Å². The Labute approximate surface area is 78.7 Å². The first kappa shape index (κ1) is 9.35. The van der Waals surface area contributed by atoms with Crippen LogP contribution in [-0.4, -0.2) is 17.3 Å². The van der Waals surface area contributed by atoms with Gasteiger partial charge >= 0.3 is 0 Å². The summed E-state index contributed by atoms with van der Waals surface area (Å²) in [5.41, 5.74) is 0.641. The van der Waals surface area contributed by atoms with Gasteiger partial charge in [0.1, 0.15) is 16.0 Å². The molecule has 1 aromatic carbocycles. The molecule has 1 aromatic rings. The van der Waals surface area contributed by atoms with Crippen molar-refractivity contribution in [2.24, 2.45) is 0 Å². The minimum Gasteiger partial charge on any atom is -0.507 e. The van der Waals surface area contributed by atoms with Crippen molar-refractivity contribution in [3.8, 4) is 11.5 Å². The normalized spacial score (nSPS) is 9.92. The molecule has 0 aliphatic carbocycles. The summed E-state index contributed by atoms with van der Waals surface area (Å²) in [6, 6.07) is 3.11. The molecule has 0 spiro atoms. The molecule has 0 saturated carbocycles. The van der Waals surface area contributed by atoms with E-state index < -0.39 is 0 Å². The summed E-state index contributed by atoms with van der Waals surface area (Å²) in [5.74, 6) is 0.571. The number of hydrogen-bond donors (Lipinski definition) is 2. The molecule has 0 bridgehead atoms. The summed E-state index contributed by atoms with van der Waals surface area (Å²) in [4.78, 5) is 0. The van der Waals surface area contributed by atoms with Crippen molar-refractivity contribution in [2.45, 2.75) is 6.61 Å². The van der Waals surface area contributed by atoms with Gasteiger partial charge in [0.15, 0.2) is 0 Å². The molecule has 0 fully saturated rings. The van der Waals surface area contributed by atoms with Crippen LogP contribution in [0.1, 0.15) is 5.56 Å². The Balaban J connectivity index is 3.25. The largest absolute Gasteiger partial charge is 0.507 e. The molecule has 2 N–H and O–H groups in total. The highest BCUT2D eigenvalue weighted by atomic mass is 79.9. The van der Waals surface area contributed by atoms with Crippen molar-refractivity contribution < 1.29 is 14.9 Å². The van der Waals surface area contributed by atoms with E-state index in [9.17, 15) is 5.11 Å². The molecule has 0 radical (unpaired) electrons. The molecular formula is C8H9BrO3. The number of ether oxygens (including phenoxy) is 1. The Morgan fingerprint density at radius 2 is 2.17 bits per heavy atom. The summed E-state index contributed by atoms with van der Waals surface area (Å²) in [5, 5.41) is 18.1. The van der Waals surface area contributed by atoms with Crippen LogP contribution >= 0.6 is 15.9 Å². The van der Waals surface area contributed by atoms with Gasteiger partial charge in [-0.1, -0.05) is 0 Å². The Morgan fingerprint density at radius 1 is 1.50 bits per heavy atom. The average molecular weight is 233 g/mol. The lowest BCUT2D eigenvalue weighted by Gasteiger charge is -2.08. The first-order valence-corrected chi connectivity index (χ1v) is 4.15. The van der Waals surface area contributed by atoms with Crippen LogP contribution in [0.5, 0.6) is 11.5 Å². The molecule has 0 atom stereocenters. The second-order valence-corrected chi connectivity index (χ2v) is 3.04. The van der Waals surface area contributed by atoms with E-state index in [1.807, 2.05) is 0 Å². The number of benzene rings is 1. The predicted octanol–water partition coefficient (Wildman–Crippen LogP) is 1.66. The second kappa shape index (κ2) is 3.78. The van der Waals surface area contributed by atoms with E-state index in [0.717, 1.165) is 0 Å². The number of phenolic OH excluding ortho intramolecular Hbond substituents is 1. The minimum atomic E-state index is -0.109. The van der Waals surface area contributed by atoms with Gasteiger partial charge in [0, 0.05) is 5.56 Å². The topological polar surface area (TPSA) is 49.7 Å². The molecule has 12 heavy (non-hydrogen) atoms. The van der Waals surface area contributed by atoms with Crippen LogP contribution in [0.15, 0.2) is 16.6 Å². The first-order valence-electron chi connectivity index (χ1n) is 3.36. The minimum absolute atomic E-state index is 0.101. The third kappa shape index (κ3) is 1.54. The van der Waals surface area contributed by atoms with Gasteiger partial charge in [-0.3, -0.25) is 0 Å². The average Bonchev–Trinajstić information content (AvgIpc) is 2.09. The van der Waals surface area contributed by atoms with Crippen LogP contribution in [0.4, 0.5) is 0 Å². The van der Waals surface area contributed by atoms with E-state index in [1.165, 1.54) is 13.2 Å². The lowest BCUT2D eigenvalue weighted by molar-refractivity contribution is 0.273. The molecule has 4 heteroatoms. The quantitative estimate of drug-likeness (QED) is 0.816. The molecule has 0 aliphatic heterocycles. The third-order valence-electron chi connectivity index (χ3n) is 1.53. The number of aliphatic hydroxyl groups is 1. The van der Waals surface area contributed by atoms with Crippen molar-refractivity contribution >= 4 is 15.9 Å². The third-order valence-corrected chi connectivity index (χ3v) is 2.30. The summed E-state index contributed by atoms with van der Waals surface area (Å²) >= 11 is 3.15. The number of rotatable bonds is 2. The number of hydrogen-bond acceptors (Lipinski definition) is 3. The van der Waals surface area contributed by atoms with Gasteiger partial charge in [-0.2, -0.15) is 0 Å². The maximum atomic E-state index is 9.24. The molecule has 0 amide bonds. The molecule has 1 rings (SSSR count). The maximum Gasteiger partial charge on any atom is 0.142 e. The zero-order valence-electron chi connectivity index (χ0n) is 6.54. The zero-order valence-corrected chi connectivity index (χ0v) is 8.13. The number of phenols is 1. The summed E-state index contributed by atoms with van der Waals surface area (Å²) in [6.07, 6.45) is 0. The smallest absolute Gasteiger partial charge is 0.142 e. The summed E-state index contributed by atoms with van der Waals surface area (Å²) < 4.78 is 5.45. The van der Waals surface area contributed by atoms with Gasteiger partial charge in [-0.25, -0.2) is 0 Å². The highest BCUT2D eigenvalue weighted by Crippen LogP contribution is 2.36. The number of aromatic hydroxyl groups is 1. The maximum absolute atomic E-state index is 9.24. The fourth-order valence-electron chi connectivity index (χ4n) is 0.931. The van der Waals surface area contributed by atoms with E-state index in [2.05, 4.69) is 15.9 Å². The van der Waals surface area contributed by atoms with Gasteiger partial charge in [0.05, 0.1) is 13.7 Å².